The molecule has 12 heteroatoms. The number of aromatic nitrogens is 4. The van der Waals surface area contributed by atoms with Crippen molar-refractivity contribution in [1.82, 2.24) is 30.4 Å². The number of ether oxygens (including phenoxy) is 2. The number of amides is 2. The van der Waals surface area contributed by atoms with E-state index in [0.29, 0.717) is 29.1 Å². The molecule has 2 saturated carbocycles. The summed E-state index contributed by atoms with van der Waals surface area (Å²) in [6.45, 7) is 2.65. The van der Waals surface area contributed by atoms with Crippen molar-refractivity contribution in [1.29, 1.82) is 0 Å². The van der Waals surface area contributed by atoms with E-state index >= 15 is 0 Å². The Morgan fingerprint density at radius 1 is 0.957 bits per heavy atom. The molecule has 3 aliphatic rings. The van der Waals surface area contributed by atoms with Crippen LogP contribution in [0.5, 0.6) is 11.5 Å². The molecule has 3 aromatic heterocycles. The number of carbonyl (C=O) groups is 2. The van der Waals surface area contributed by atoms with Gasteiger partial charge < -0.3 is 25.4 Å². The lowest BCUT2D eigenvalue weighted by atomic mass is 9.94. The minimum Gasteiger partial charge on any atom is -0.494 e. The Hall–Kier alpha value is -5.10. The molecule has 2 aliphatic carbocycles. The number of nitrogens with one attached hydrogen (secondary N) is 3. The Balaban J connectivity index is 1.03. The molecular formula is C34H36N8O4. The average Bonchev–Trinajstić information content (AvgIpc) is 3.99. The number of anilines is 3. The first-order valence-corrected chi connectivity index (χ1v) is 15.6. The molecule has 1 aliphatic heterocycles. The van der Waals surface area contributed by atoms with Crippen LogP contribution < -0.4 is 25.4 Å². The van der Waals surface area contributed by atoms with Crippen LogP contribution in [0.2, 0.25) is 0 Å². The number of para-hydroxylation sites is 1. The third kappa shape index (κ3) is 6.62. The van der Waals surface area contributed by atoms with E-state index in [1.54, 1.807) is 13.2 Å². The second-order valence-electron chi connectivity index (χ2n) is 12.0. The molecule has 1 aromatic carbocycles. The van der Waals surface area contributed by atoms with Gasteiger partial charge in [-0.05, 0) is 49.9 Å². The molecule has 0 spiro atoms. The van der Waals surface area contributed by atoms with E-state index in [1.807, 2.05) is 42.7 Å². The molecule has 4 heterocycles. The molecule has 0 radical (unpaired) electrons. The van der Waals surface area contributed by atoms with Crippen molar-refractivity contribution in [2.45, 2.75) is 44.2 Å². The average molecular weight is 621 g/mol. The zero-order valence-electron chi connectivity index (χ0n) is 25.8. The summed E-state index contributed by atoms with van der Waals surface area (Å²) in [5.41, 5.74) is 4.93. The first-order valence-electron chi connectivity index (χ1n) is 15.6. The van der Waals surface area contributed by atoms with Crippen LogP contribution >= 0.6 is 0 Å². The summed E-state index contributed by atoms with van der Waals surface area (Å²) in [4.78, 5) is 36.7. The second kappa shape index (κ2) is 12.7. The van der Waals surface area contributed by atoms with Crippen LogP contribution in [-0.4, -0.2) is 70.2 Å². The Bertz CT molecular complexity index is 1730. The number of methoxy groups -OCH3 is 1. The standard InChI is InChI=1S/C34H36N8O4/c1-35-34(44)31-29(14-30(40-41-31)39-33(43)20-6-7-20)38-28-5-3-4-26(32(28)45-2)21-8-13-27(37-15-21)22-17-42(18-22)19-23-9-10-25(16-36-23)46-24-11-12-24/h3-5,8-10,13-16,20,22,24H,6-7,11-12,17-19H2,1-2H3,(H,35,44)(H2,38,39,40,43). The molecule has 1 saturated heterocycles. The number of benzene rings is 1. The predicted octanol–water partition coefficient (Wildman–Crippen LogP) is 4.53. The third-order valence-electron chi connectivity index (χ3n) is 8.41. The van der Waals surface area contributed by atoms with Crippen molar-refractivity contribution in [3.8, 4) is 22.6 Å². The Morgan fingerprint density at radius 2 is 1.80 bits per heavy atom. The molecule has 2 amide bonds. The van der Waals surface area contributed by atoms with Crippen LogP contribution in [0.25, 0.3) is 11.1 Å². The molecular weight excluding hydrogens is 584 g/mol. The number of nitrogens with zero attached hydrogens (tertiary/aromatic N) is 5. The maximum absolute atomic E-state index is 12.6. The van der Waals surface area contributed by atoms with Crippen molar-refractivity contribution in [2.24, 2.45) is 5.92 Å². The van der Waals surface area contributed by atoms with Crippen molar-refractivity contribution in [2.75, 3.05) is 37.9 Å². The lowest BCUT2D eigenvalue weighted by Gasteiger charge is -2.38. The smallest absolute Gasteiger partial charge is 0.273 e. The van der Waals surface area contributed by atoms with Gasteiger partial charge in [0.15, 0.2) is 11.5 Å². The van der Waals surface area contributed by atoms with E-state index in [1.165, 1.54) is 7.05 Å². The lowest BCUT2D eigenvalue weighted by Crippen LogP contribution is -2.44. The first-order chi connectivity index (χ1) is 22.5. The van der Waals surface area contributed by atoms with Crippen molar-refractivity contribution in [3.05, 3.63) is 78.0 Å². The van der Waals surface area contributed by atoms with Gasteiger partial charge >= 0.3 is 0 Å². The van der Waals surface area contributed by atoms with Gasteiger partial charge in [0.05, 0.1) is 36.5 Å². The van der Waals surface area contributed by atoms with Crippen LogP contribution in [-0.2, 0) is 11.3 Å². The highest BCUT2D eigenvalue weighted by Crippen LogP contribution is 2.39. The fourth-order valence-corrected chi connectivity index (χ4v) is 5.51. The molecule has 46 heavy (non-hydrogen) atoms. The van der Waals surface area contributed by atoms with E-state index in [-0.39, 0.29) is 23.3 Å². The first kappa shape index (κ1) is 29.6. The topological polar surface area (TPSA) is 143 Å². The van der Waals surface area contributed by atoms with Crippen molar-refractivity contribution in [3.63, 3.8) is 0 Å². The number of pyridine rings is 2. The number of likely N-dealkylation sites (tertiary alicyclic amines) is 1. The van der Waals surface area contributed by atoms with E-state index in [9.17, 15) is 9.59 Å². The number of hydrogen-bond donors (Lipinski definition) is 3. The van der Waals surface area contributed by atoms with Crippen LogP contribution in [0.3, 0.4) is 0 Å². The van der Waals surface area contributed by atoms with Gasteiger partial charge in [-0.3, -0.25) is 24.5 Å². The summed E-state index contributed by atoms with van der Waals surface area (Å²) in [5.74, 6) is 1.55. The SMILES string of the molecule is CNC(=O)c1nnc(NC(=O)C2CC2)cc1Nc1cccc(-c2ccc(C3CN(Cc4ccc(OC5CC5)cn4)C3)nc2)c1OC. The quantitative estimate of drug-likeness (QED) is 0.207. The van der Waals surface area contributed by atoms with Gasteiger partial charge in [-0.25, -0.2) is 0 Å². The zero-order chi connectivity index (χ0) is 31.6. The molecule has 3 N–H and O–H groups in total. The van der Waals surface area contributed by atoms with Crippen LogP contribution in [0.15, 0.2) is 60.9 Å². The van der Waals surface area contributed by atoms with Gasteiger partial charge in [-0.15, -0.1) is 10.2 Å². The van der Waals surface area contributed by atoms with E-state index in [2.05, 4.69) is 48.2 Å². The highest BCUT2D eigenvalue weighted by Gasteiger charge is 2.31. The van der Waals surface area contributed by atoms with Crippen LogP contribution in [0.4, 0.5) is 17.2 Å². The van der Waals surface area contributed by atoms with Crippen LogP contribution in [0.1, 0.15) is 53.5 Å². The number of rotatable bonds is 12. The highest BCUT2D eigenvalue weighted by atomic mass is 16.5. The summed E-state index contributed by atoms with van der Waals surface area (Å²) in [6, 6.07) is 15.5. The molecule has 236 valence electrons. The van der Waals surface area contributed by atoms with E-state index in [0.717, 1.165) is 73.6 Å². The number of carbonyl (C=O) groups excluding carboxylic acids is 2. The summed E-state index contributed by atoms with van der Waals surface area (Å²) in [6.07, 6.45) is 8.07. The fraction of sp³-hybridized carbons (Fsp3) is 0.353. The molecule has 0 unspecified atom stereocenters. The van der Waals surface area contributed by atoms with Gasteiger partial charge in [0.2, 0.25) is 5.91 Å². The summed E-state index contributed by atoms with van der Waals surface area (Å²) in [5, 5.41) is 16.8. The second-order valence-corrected chi connectivity index (χ2v) is 12.0. The van der Waals surface area contributed by atoms with Crippen molar-refractivity contribution >= 4 is 29.0 Å². The fourth-order valence-electron chi connectivity index (χ4n) is 5.51. The van der Waals surface area contributed by atoms with Gasteiger partial charge in [0, 0.05) is 67.6 Å². The van der Waals surface area contributed by atoms with Gasteiger partial charge in [0.1, 0.15) is 11.5 Å². The third-order valence-corrected chi connectivity index (χ3v) is 8.41. The van der Waals surface area contributed by atoms with Crippen molar-refractivity contribution < 1.29 is 19.1 Å². The summed E-state index contributed by atoms with van der Waals surface area (Å²) in [7, 11) is 3.12. The summed E-state index contributed by atoms with van der Waals surface area (Å²) < 4.78 is 11.7. The monoisotopic (exact) mass is 620 g/mol. The predicted molar refractivity (Wildman–Crippen MR) is 172 cm³/mol. The molecule has 12 nitrogen and oxygen atoms in total. The Labute approximate surface area is 267 Å². The highest BCUT2D eigenvalue weighted by molar-refractivity contribution is 6.00. The molecule has 3 fully saturated rings. The van der Waals surface area contributed by atoms with Crippen LogP contribution in [0, 0.1) is 5.92 Å². The summed E-state index contributed by atoms with van der Waals surface area (Å²) >= 11 is 0. The normalized spacial score (nSPS) is 16.3. The van der Waals surface area contributed by atoms with E-state index < -0.39 is 5.91 Å². The minimum absolute atomic E-state index is 0.00385. The molecule has 7 rings (SSSR count). The zero-order valence-corrected chi connectivity index (χ0v) is 25.8. The Morgan fingerprint density at radius 3 is 2.48 bits per heavy atom. The van der Waals surface area contributed by atoms with Gasteiger partial charge in [0.25, 0.3) is 5.91 Å². The minimum atomic E-state index is -0.410. The largest absolute Gasteiger partial charge is 0.494 e. The van der Waals surface area contributed by atoms with Gasteiger partial charge in [-0.1, -0.05) is 18.2 Å². The maximum Gasteiger partial charge on any atom is 0.273 e. The Kier molecular flexibility index (Phi) is 8.18. The molecule has 4 aromatic rings. The molecule has 0 bridgehead atoms. The van der Waals surface area contributed by atoms with E-state index in [4.69, 9.17) is 14.5 Å². The maximum atomic E-state index is 12.6. The number of hydrogen-bond acceptors (Lipinski definition) is 10. The van der Waals surface area contributed by atoms with Gasteiger partial charge in [-0.2, -0.15) is 0 Å². The lowest BCUT2D eigenvalue weighted by molar-refractivity contribution is -0.117. The molecule has 0 atom stereocenters.